The van der Waals surface area contributed by atoms with Gasteiger partial charge in [-0.25, -0.2) is 5.43 Å². The van der Waals surface area contributed by atoms with Crippen LogP contribution in [0.3, 0.4) is 0 Å². The Kier molecular flexibility index (Phi) is 6.03. The number of ether oxygens (including phenoxy) is 2. The Balaban J connectivity index is 1.36. The summed E-state index contributed by atoms with van der Waals surface area (Å²) in [7, 11) is 0. The van der Waals surface area contributed by atoms with Crippen LogP contribution in [-0.4, -0.2) is 19.3 Å². The van der Waals surface area contributed by atoms with Crippen molar-refractivity contribution in [2.24, 2.45) is 0 Å². The Morgan fingerprint density at radius 1 is 1.00 bits per heavy atom. The molecule has 4 heteroatoms. The van der Waals surface area contributed by atoms with E-state index in [4.69, 9.17) is 9.47 Å². The molecule has 0 saturated carbocycles. The molecule has 1 aliphatic heterocycles. The van der Waals surface area contributed by atoms with E-state index in [9.17, 15) is 0 Å². The number of rotatable bonds is 8. The summed E-state index contributed by atoms with van der Waals surface area (Å²) in [6.45, 7) is 3.00. The fraction of sp³-hybridized carbons (Fsp3) is 0.368. The molecule has 0 spiro atoms. The summed E-state index contributed by atoms with van der Waals surface area (Å²) in [5, 5.41) is 0. The maximum absolute atomic E-state index is 5.73. The standard InChI is InChI=1S/C19H24N2O2/c1-2-5-18(6-3-1)21-20-13-16-8-10-17(11-9-16)14-22-15-19-7-4-12-23-19/h1-3,5-6,8-11,19-21H,4,7,12-15H2. The Bertz CT molecular complexity index is 566. The van der Waals surface area contributed by atoms with Crippen molar-refractivity contribution in [3.05, 3.63) is 65.7 Å². The first kappa shape index (κ1) is 16.0. The number of hydrogen-bond acceptors (Lipinski definition) is 4. The van der Waals surface area contributed by atoms with E-state index < -0.39 is 0 Å². The number of hydrogen-bond donors (Lipinski definition) is 2. The van der Waals surface area contributed by atoms with E-state index in [-0.39, 0.29) is 0 Å². The van der Waals surface area contributed by atoms with Gasteiger partial charge in [0.15, 0.2) is 0 Å². The Morgan fingerprint density at radius 3 is 2.52 bits per heavy atom. The molecule has 1 unspecified atom stereocenters. The average molecular weight is 312 g/mol. The van der Waals surface area contributed by atoms with Crippen LogP contribution in [0.1, 0.15) is 24.0 Å². The summed E-state index contributed by atoms with van der Waals surface area (Å²) in [5.74, 6) is 0. The molecular weight excluding hydrogens is 288 g/mol. The van der Waals surface area contributed by atoms with Crippen molar-refractivity contribution in [3.63, 3.8) is 0 Å². The highest BCUT2D eigenvalue weighted by Crippen LogP contribution is 2.13. The minimum absolute atomic E-state index is 0.294. The van der Waals surface area contributed by atoms with Crippen molar-refractivity contribution >= 4 is 5.69 Å². The molecule has 0 amide bonds. The first-order valence-corrected chi connectivity index (χ1v) is 8.21. The van der Waals surface area contributed by atoms with Gasteiger partial charge in [-0.2, -0.15) is 0 Å². The van der Waals surface area contributed by atoms with Gasteiger partial charge in [0.05, 0.1) is 19.3 Å². The second kappa shape index (κ2) is 8.67. The molecule has 0 aliphatic carbocycles. The summed E-state index contributed by atoms with van der Waals surface area (Å²) >= 11 is 0. The predicted octanol–water partition coefficient (Wildman–Crippen LogP) is 3.50. The van der Waals surface area contributed by atoms with Crippen LogP contribution in [0.5, 0.6) is 0 Å². The van der Waals surface area contributed by atoms with Gasteiger partial charge in [0, 0.05) is 18.8 Å². The highest BCUT2D eigenvalue weighted by Gasteiger charge is 2.15. The van der Waals surface area contributed by atoms with Gasteiger partial charge < -0.3 is 14.9 Å². The van der Waals surface area contributed by atoms with Gasteiger partial charge in [-0.1, -0.05) is 42.5 Å². The minimum Gasteiger partial charge on any atom is -0.376 e. The van der Waals surface area contributed by atoms with Crippen molar-refractivity contribution in [2.75, 3.05) is 18.6 Å². The largest absolute Gasteiger partial charge is 0.376 e. The first-order valence-electron chi connectivity index (χ1n) is 8.21. The molecule has 3 rings (SSSR count). The van der Waals surface area contributed by atoms with Crippen molar-refractivity contribution in [3.8, 4) is 0 Å². The van der Waals surface area contributed by atoms with Gasteiger partial charge in [-0.15, -0.1) is 0 Å². The van der Waals surface area contributed by atoms with Crippen LogP contribution in [0.2, 0.25) is 0 Å². The smallest absolute Gasteiger partial charge is 0.0809 e. The molecular formula is C19H24N2O2. The van der Waals surface area contributed by atoms with Crippen molar-refractivity contribution in [1.82, 2.24) is 5.43 Å². The topological polar surface area (TPSA) is 42.5 Å². The highest BCUT2D eigenvalue weighted by molar-refractivity contribution is 5.41. The first-order chi connectivity index (χ1) is 11.4. The lowest BCUT2D eigenvalue weighted by molar-refractivity contribution is 0.0106. The normalized spacial score (nSPS) is 17.3. The molecule has 122 valence electrons. The molecule has 0 bridgehead atoms. The van der Waals surface area contributed by atoms with E-state index in [2.05, 4.69) is 35.1 Å². The number of anilines is 1. The molecule has 23 heavy (non-hydrogen) atoms. The number of hydrazine groups is 1. The van der Waals surface area contributed by atoms with Gasteiger partial charge >= 0.3 is 0 Å². The quantitative estimate of drug-likeness (QED) is 0.732. The van der Waals surface area contributed by atoms with E-state index in [1.54, 1.807) is 0 Å². The average Bonchev–Trinajstić information content (AvgIpc) is 3.11. The lowest BCUT2D eigenvalue weighted by Crippen LogP contribution is -2.20. The lowest BCUT2D eigenvalue weighted by atomic mass is 10.1. The molecule has 2 aromatic rings. The van der Waals surface area contributed by atoms with E-state index in [1.165, 1.54) is 11.1 Å². The fourth-order valence-corrected chi connectivity index (χ4v) is 2.61. The van der Waals surface area contributed by atoms with Crippen molar-refractivity contribution in [2.45, 2.75) is 32.1 Å². The molecule has 2 aromatic carbocycles. The molecule has 2 N–H and O–H groups in total. The van der Waals surface area contributed by atoms with Gasteiger partial charge in [-0.05, 0) is 36.1 Å². The highest BCUT2D eigenvalue weighted by atomic mass is 16.5. The summed E-state index contributed by atoms with van der Waals surface area (Å²) in [6.07, 6.45) is 2.58. The summed E-state index contributed by atoms with van der Waals surface area (Å²) in [4.78, 5) is 0. The van der Waals surface area contributed by atoms with Gasteiger partial charge in [0.1, 0.15) is 0 Å². The molecule has 1 saturated heterocycles. The van der Waals surface area contributed by atoms with E-state index in [0.29, 0.717) is 19.3 Å². The second-order valence-corrected chi connectivity index (χ2v) is 5.81. The minimum atomic E-state index is 0.294. The number of benzene rings is 2. The van der Waals surface area contributed by atoms with Gasteiger partial charge in [0.2, 0.25) is 0 Å². The van der Waals surface area contributed by atoms with Crippen LogP contribution in [0.15, 0.2) is 54.6 Å². The SMILES string of the molecule is c1ccc(NNCc2ccc(COCC3CCCO3)cc2)cc1. The molecule has 1 atom stereocenters. The van der Waals surface area contributed by atoms with Crippen LogP contribution >= 0.6 is 0 Å². The van der Waals surface area contributed by atoms with Crippen LogP contribution < -0.4 is 10.9 Å². The van der Waals surface area contributed by atoms with Crippen molar-refractivity contribution in [1.29, 1.82) is 0 Å². The molecule has 1 heterocycles. The van der Waals surface area contributed by atoms with Crippen LogP contribution in [0, 0.1) is 0 Å². The third kappa shape index (κ3) is 5.36. The Hall–Kier alpha value is -1.88. The zero-order valence-corrected chi connectivity index (χ0v) is 13.3. The molecule has 4 nitrogen and oxygen atoms in total. The zero-order chi connectivity index (χ0) is 15.7. The Labute approximate surface area is 137 Å². The van der Waals surface area contributed by atoms with E-state index in [0.717, 1.165) is 31.7 Å². The number of para-hydroxylation sites is 1. The van der Waals surface area contributed by atoms with Crippen LogP contribution in [0.25, 0.3) is 0 Å². The van der Waals surface area contributed by atoms with E-state index >= 15 is 0 Å². The second-order valence-electron chi connectivity index (χ2n) is 5.81. The van der Waals surface area contributed by atoms with Crippen LogP contribution in [-0.2, 0) is 22.6 Å². The molecule has 1 aliphatic rings. The maximum atomic E-state index is 5.73. The Morgan fingerprint density at radius 2 is 1.78 bits per heavy atom. The molecule has 0 aromatic heterocycles. The third-order valence-electron chi connectivity index (χ3n) is 3.92. The van der Waals surface area contributed by atoms with Gasteiger partial charge in [0.25, 0.3) is 0 Å². The maximum Gasteiger partial charge on any atom is 0.0809 e. The molecule has 1 fully saturated rings. The zero-order valence-electron chi connectivity index (χ0n) is 13.3. The number of nitrogens with one attached hydrogen (secondary N) is 2. The predicted molar refractivity (Wildman–Crippen MR) is 92.0 cm³/mol. The van der Waals surface area contributed by atoms with Crippen molar-refractivity contribution < 1.29 is 9.47 Å². The summed E-state index contributed by atoms with van der Waals surface area (Å²) < 4.78 is 11.3. The fourth-order valence-electron chi connectivity index (χ4n) is 2.61. The molecule has 0 radical (unpaired) electrons. The third-order valence-corrected chi connectivity index (χ3v) is 3.92. The van der Waals surface area contributed by atoms with Gasteiger partial charge in [-0.3, -0.25) is 0 Å². The monoisotopic (exact) mass is 312 g/mol. The van der Waals surface area contributed by atoms with E-state index in [1.807, 2.05) is 30.3 Å². The summed E-state index contributed by atoms with van der Waals surface area (Å²) in [6, 6.07) is 18.6. The summed E-state index contributed by atoms with van der Waals surface area (Å²) in [5.41, 5.74) is 9.90. The van der Waals surface area contributed by atoms with Crippen LogP contribution in [0.4, 0.5) is 5.69 Å². The lowest BCUT2D eigenvalue weighted by Gasteiger charge is -2.11.